The molecule has 2 atom stereocenters. The molecule has 0 aliphatic carbocycles. The second-order valence-electron chi connectivity index (χ2n) is 9.53. The number of likely N-dealkylation sites (tertiary alicyclic amines) is 1. The molecule has 0 aromatic heterocycles. The first kappa shape index (κ1) is 28.2. The fraction of sp³-hybridized carbons (Fsp3) is 0.500. The van der Waals surface area contributed by atoms with Gasteiger partial charge in [-0.2, -0.15) is 0 Å². The van der Waals surface area contributed by atoms with Crippen molar-refractivity contribution in [2.45, 2.75) is 53.0 Å². The molecular weight excluding hydrogens is 524 g/mol. The Morgan fingerprint density at radius 1 is 1.16 bits per heavy atom. The molecule has 0 saturated carbocycles. The molecule has 38 heavy (non-hydrogen) atoms. The van der Waals surface area contributed by atoms with Gasteiger partial charge in [0.1, 0.15) is 0 Å². The van der Waals surface area contributed by atoms with E-state index in [0.717, 1.165) is 29.3 Å². The number of benzene rings is 1. The average molecular weight is 559 g/mol. The summed E-state index contributed by atoms with van der Waals surface area (Å²) < 4.78 is 5.20. The third-order valence-electron chi connectivity index (χ3n) is 7.19. The molecule has 1 saturated heterocycles. The SMILES string of the molecule is CCOC(=O)C1CCCN(C(=O)CC2=CSC3=NC(C)=C(C(=O)N(CC)CC)C(c4ccc(Cl)cc4)N23)C1. The number of esters is 1. The number of fused-ring (bicyclic) bond motifs is 1. The van der Waals surface area contributed by atoms with Gasteiger partial charge >= 0.3 is 5.97 Å². The first-order chi connectivity index (χ1) is 18.3. The van der Waals surface area contributed by atoms with Gasteiger partial charge < -0.3 is 19.4 Å². The molecule has 8 nitrogen and oxygen atoms in total. The van der Waals surface area contributed by atoms with E-state index >= 15 is 0 Å². The number of amidine groups is 1. The van der Waals surface area contributed by atoms with Gasteiger partial charge in [-0.3, -0.25) is 14.4 Å². The van der Waals surface area contributed by atoms with Crippen molar-refractivity contribution >= 4 is 46.3 Å². The quantitative estimate of drug-likeness (QED) is 0.419. The maximum absolute atomic E-state index is 13.7. The summed E-state index contributed by atoms with van der Waals surface area (Å²) in [6.07, 6.45) is 1.64. The minimum absolute atomic E-state index is 0.0511. The number of halogens is 1. The number of hydrogen-bond acceptors (Lipinski definition) is 7. The van der Waals surface area contributed by atoms with Crippen LogP contribution >= 0.6 is 23.4 Å². The molecule has 204 valence electrons. The lowest BCUT2D eigenvalue weighted by Crippen LogP contribution is -2.44. The molecule has 4 rings (SSSR count). The van der Waals surface area contributed by atoms with E-state index in [9.17, 15) is 14.4 Å². The number of likely N-dealkylation sites (N-methyl/N-ethyl adjacent to an activating group) is 1. The summed E-state index contributed by atoms with van der Waals surface area (Å²) in [5, 5.41) is 3.30. The van der Waals surface area contributed by atoms with Gasteiger partial charge in [0.2, 0.25) is 5.91 Å². The number of piperidine rings is 1. The molecule has 0 radical (unpaired) electrons. The summed E-state index contributed by atoms with van der Waals surface area (Å²) >= 11 is 7.66. The number of amides is 2. The summed E-state index contributed by atoms with van der Waals surface area (Å²) in [4.78, 5) is 49.9. The van der Waals surface area contributed by atoms with E-state index in [-0.39, 0.29) is 30.1 Å². The normalized spacial score (nSPS) is 21.1. The second-order valence-corrected chi connectivity index (χ2v) is 10.8. The van der Waals surface area contributed by atoms with Crippen LogP contribution < -0.4 is 0 Å². The third-order valence-corrected chi connectivity index (χ3v) is 8.33. The van der Waals surface area contributed by atoms with Crippen LogP contribution in [0.1, 0.15) is 58.6 Å². The van der Waals surface area contributed by atoms with Gasteiger partial charge in [0.15, 0.2) is 5.17 Å². The molecule has 3 heterocycles. The van der Waals surface area contributed by atoms with Crippen LogP contribution in [0.3, 0.4) is 0 Å². The van der Waals surface area contributed by atoms with E-state index in [1.165, 1.54) is 11.8 Å². The van der Waals surface area contributed by atoms with E-state index in [0.29, 0.717) is 49.1 Å². The number of carbonyl (C=O) groups excluding carboxylic acids is 3. The zero-order valence-corrected chi connectivity index (χ0v) is 24.0. The van der Waals surface area contributed by atoms with Crippen molar-refractivity contribution in [1.82, 2.24) is 14.7 Å². The van der Waals surface area contributed by atoms with E-state index in [4.69, 9.17) is 21.3 Å². The Labute approximate surface area is 233 Å². The standard InChI is InChI=1S/C28H35ClN4O4S/c1-5-31(6-2)26(35)24-18(4)30-28-33(25(24)19-10-12-21(29)13-11-19)22(17-38-28)15-23(34)32-14-8-9-20(16-32)27(36)37-7-3/h10-13,17,20,25H,5-9,14-16H2,1-4H3. The summed E-state index contributed by atoms with van der Waals surface area (Å²) in [6.45, 7) is 10.1. The summed E-state index contributed by atoms with van der Waals surface area (Å²) in [5.41, 5.74) is 2.96. The summed E-state index contributed by atoms with van der Waals surface area (Å²) in [6, 6.07) is 7.05. The second kappa shape index (κ2) is 12.4. The van der Waals surface area contributed by atoms with Crippen LogP contribution in [0, 0.1) is 5.92 Å². The first-order valence-electron chi connectivity index (χ1n) is 13.2. The Balaban J connectivity index is 1.63. The van der Waals surface area contributed by atoms with Gasteiger partial charge in [-0.25, -0.2) is 4.99 Å². The van der Waals surface area contributed by atoms with Gasteiger partial charge in [0.05, 0.1) is 36.3 Å². The lowest BCUT2D eigenvalue weighted by atomic mass is 9.92. The largest absolute Gasteiger partial charge is 0.466 e. The van der Waals surface area contributed by atoms with Gasteiger partial charge in [-0.1, -0.05) is 35.5 Å². The van der Waals surface area contributed by atoms with Crippen LogP contribution in [0.25, 0.3) is 0 Å². The van der Waals surface area contributed by atoms with Crippen molar-refractivity contribution in [3.63, 3.8) is 0 Å². The monoisotopic (exact) mass is 558 g/mol. The van der Waals surface area contributed by atoms with Crippen molar-refractivity contribution in [2.24, 2.45) is 10.9 Å². The smallest absolute Gasteiger partial charge is 0.310 e. The van der Waals surface area contributed by atoms with Crippen molar-refractivity contribution in [1.29, 1.82) is 0 Å². The van der Waals surface area contributed by atoms with Gasteiger partial charge in [-0.05, 0) is 63.6 Å². The lowest BCUT2D eigenvalue weighted by molar-refractivity contribution is -0.151. The van der Waals surface area contributed by atoms with Crippen molar-refractivity contribution in [3.8, 4) is 0 Å². The maximum atomic E-state index is 13.7. The first-order valence-corrected chi connectivity index (χ1v) is 14.5. The molecule has 1 aromatic rings. The number of thioether (sulfide) groups is 1. The van der Waals surface area contributed by atoms with E-state index in [2.05, 4.69) is 0 Å². The number of rotatable bonds is 8. The molecule has 10 heteroatoms. The Hall–Kier alpha value is -2.78. The third kappa shape index (κ3) is 5.78. The number of carbonyl (C=O) groups is 3. The minimum atomic E-state index is -0.435. The van der Waals surface area contributed by atoms with Crippen LogP contribution in [-0.2, 0) is 19.1 Å². The highest BCUT2D eigenvalue weighted by Gasteiger charge is 2.42. The molecule has 1 aromatic carbocycles. The van der Waals surface area contributed by atoms with E-state index in [1.54, 1.807) is 16.7 Å². The molecule has 0 bridgehead atoms. The van der Waals surface area contributed by atoms with Crippen LogP contribution in [0.4, 0.5) is 0 Å². The molecule has 1 fully saturated rings. The molecule has 3 aliphatic heterocycles. The van der Waals surface area contributed by atoms with Crippen LogP contribution in [0.15, 0.2) is 51.6 Å². The van der Waals surface area contributed by atoms with Crippen LogP contribution in [0.2, 0.25) is 5.02 Å². The predicted molar refractivity (Wildman–Crippen MR) is 150 cm³/mol. The topological polar surface area (TPSA) is 82.5 Å². The molecule has 3 aliphatic rings. The van der Waals surface area contributed by atoms with Crippen molar-refractivity contribution in [3.05, 3.63) is 57.2 Å². The van der Waals surface area contributed by atoms with Gasteiger partial charge in [0.25, 0.3) is 5.91 Å². The summed E-state index contributed by atoms with van der Waals surface area (Å²) in [7, 11) is 0. The zero-order valence-electron chi connectivity index (χ0n) is 22.4. The Morgan fingerprint density at radius 2 is 1.87 bits per heavy atom. The Morgan fingerprint density at radius 3 is 2.53 bits per heavy atom. The van der Waals surface area contributed by atoms with E-state index in [1.807, 2.05) is 55.3 Å². The fourth-order valence-corrected chi connectivity index (χ4v) is 6.30. The minimum Gasteiger partial charge on any atom is -0.466 e. The van der Waals surface area contributed by atoms with Crippen molar-refractivity contribution < 1.29 is 19.1 Å². The Bertz CT molecular complexity index is 1180. The number of aliphatic imine (C=N–C) groups is 1. The molecule has 2 amide bonds. The van der Waals surface area contributed by atoms with Crippen LogP contribution in [0.5, 0.6) is 0 Å². The highest BCUT2D eigenvalue weighted by Crippen LogP contribution is 2.45. The van der Waals surface area contributed by atoms with E-state index < -0.39 is 6.04 Å². The van der Waals surface area contributed by atoms with Gasteiger partial charge in [0, 0.05) is 36.9 Å². The number of ether oxygens (including phenoxy) is 1. The molecule has 2 unspecified atom stereocenters. The Kier molecular flexibility index (Phi) is 9.20. The predicted octanol–water partition coefficient (Wildman–Crippen LogP) is 4.98. The highest BCUT2D eigenvalue weighted by atomic mass is 35.5. The fourth-order valence-electron chi connectivity index (χ4n) is 5.21. The number of allylic oxidation sites excluding steroid dienone is 1. The number of hydrogen-bond donors (Lipinski definition) is 0. The lowest BCUT2D eigenvalue weighted by Gasteiger charge is -2.38. The molecular formula is C28H35ClN4O4S. The summed E-state index contributed by atoms with van der Waals surface area (Å²) in [5.74, 6) is -0.651. The number of nitrogens with zero attached hydrogens (tertiary/aromatic N) is 4. The highest BCUT2D eigenvalue weighted by molar-refractivity contribution is 8.16. The van der Waals surface area contributed by atoms with Gasteiger partial charge in [-0.15, -0.1) is 0 Å². The average Bonchev–Trinajstić information content (AvgIpc) is 3.30. The van der Waals surface area contributed by atoms with Crippen LogP contribution in [-0.4, -0.2) is 70.4 Å². The maximum Gasteiger partial charge on any atom is 0.310 e. The molecule has 0 spiro atoms. The molecule has 0 N–H and O–H groups in total. The van der Waals surface area contributed by atoms with Crippen molar-refractivity contribution in [2.75, 3.05) is 32.8 Å². The zero-order chi connectivity index (χ0) is 27.4.